The average Bonchev–Trinajstić information content (AvgIpc) is 3.24. The van der Waals surface area contributed by atoms with Crippen molar-refractivity contribution in [3.63, 3.8) is 0 Å². The zero-order valence-electron chi connectivity index (χ0n) is 21.3. The van der Waals surface area contributed by atoms with Crippen LogP contribution in [0.4, 0.5) is 11.5 Å². The summed E-state index contributed by atoms with van der Waals surface area (Å²) in [5.41, 5.74) is 3.02. The zero-order valence-corrected chi connectivity index (χ0v) is 21.3. The van der Waals surface area contributed by atoms with E-state index in [-0.39, 0.29) is 23.6 Å². The molecule has 194 valence electrons. The molecule has 1 aliphatic rings. The Morgan fingerprint density at radius 1 is 1.00 bits per heavy atom. The molecule has 1 saturated heterocycles. The minimum atomic E-state index is -0.241. The maximum Gasteiger partial charge on any atom is 0.251 e. The number of nitrogens with one attached hydrogen (secondary N) is 3. The van der Waals surface area contributed by atoms with Crippen molar-refractivity contribution in [2.24, 2.45) is 5.92 Å². The van der Waals surface area contributed by atoms with E-state index < -0.39 is 0 Å². The highest BCUT2D eigenvalue weighted by atomic mass is 16.2. The van der Waals surface area contributed by atoms with E-state index >= 15 is 0 Å². The molecule has 0 spiro atoms. The number of nitrogens with zero attached hydrogens (tertiary/aromatic N) is 5. The lowest BCUT2D eigenvalue weighted by Gasteiger charge is -2.33. The van der Waals surface area contributed by atoms with Gasteiger partial charge in [-0.05, 0) is 57.0 Å². The summed E-state index contributed by atoms with van der Waals surface area (Å²) in [5, 5.41) is 12.9. The van der Waals surface area contributed by atoms with Gasteiger partial charge in [-0.1, -0.05) is 0 Å². The van der Waals surface area contributed by atoms with Crippen LogP contribution >= 0.6 is 0 Å². The molecule has 0 aliphatic carbocycles. The number of hydrogen-bond donors (Lipinski definition) is 3. The van der Waals surface area contributed by atoms with Crippen LogP contribution in [0.15, 0.2) is 42.7 Å². The van der Waals surface area contributed by atoms with Crippen molar-refractivity contribution in [1.82, 2.24) is 30.4 Å². The van der Waals surface area contributed by atoms with Gasteiger partial charge in [0.05, 0.1) is 11.6 Å². The molecule has 1 aliphatic heterocycles. The highest BCUT2D eigenvalue weighted by Crippen LogP contribution is 2.23. The molecule has 0 radical (unpaired) electrons. The van der Waals surface area contributed by atoms with Gasteiger partial charge >= 0.3 is 0 Å². The SMILES string of the molecule is CC(=O)Nc1ccc(C(=O)NCCNC(=O)C2CCCN(c3cc(-n4nc(C)cc4C)ncn3)C2)cc1. The third kappa shape index (κ3) is 6.69. The third-order valence-electron chi connectivity index (χ3n) is 6.16. The standard InChI is InChI=1S/C26H32N8O3/c1-17-13-18(2)34(32-17)24-14-23(29-16-30-24)33-12-4-5-21(15-33)26(37)28-11-10-27-25(36)20-6-8-22(9-7-20)31-19(3)35/h6-9,13-14,16,21H,4-5,10-12,15H2,1-3H3,(H,27,36)(H,28,37)(H,31,35). The normalized spacial score (nSPS) is 15.2. The first kappa shape index (κ1) is 25.8. The molecule has 3 aromatic rings. The quantitative estimate of drug-likeness (QED) is 0.400. The van der Waals surface area contributed by atoms with E-state index in [4.69, 9.17) is 0 Å². The minimum absolute atomic E-state index is 0.0357. The molecule has 1 atom stereocenters. The monoisotopic (exact) mass is 504 g/mol. The zero-order chi connectivity index (χ0) is 26.4. The Bertz CT molecular complexity index is 1270. The van der Waals surface area contributed by atoms with Crippen molar-refractivity contribution < 1.29 is 14.4 Å². The molecule has 0 saturated carbocycles. The van der Waals surface area contributed by atoms with Gasteiger partial charge in [-0.15, -0.1) is 0 Å². The van der Waals surface area contributed by atoms with Gasteiger partial charge < -0.3 is 20.9 Å². The van der Waals surface area contributed by atoms with Gasteiger partial charge in [0.25, 0.3) is 5.91 Å². The summed E-state index contributed by atoms with van der Waals surface area (Å²) in [6.07, 6.45) is 3.20. The molecule has 4 rings (SSSR count). The van der Waals surface area contributed by atoms with Crippen LogP contribution in [0, 0.1) is 19.8 Å². The van der Waals surface area contributed by atoms with Gasteiger partial charge in [-0.2, -0.15) is 5.10 Å². The fourth-order valence-corrected chi connectivity index (χ4v) is 4.40. The summed E-state index contributed by atoms with van der Waals surface area (Å²) in [7, 11) is 0. The molecule has 2 aromatic heterocycles. The maximum atomic E-state index is 12.8. The summed E-state index contributed by atoms with van der Waals surface area (Å²) in [6.45, 7) is 7.37. The number of rotatable bonds is 8. The molecular weight excluding hydrogens is 472 g/mol. The lowest BCUT2D eigenvalue weighted by Crippen LogP contribution is -2.45. The van der Waals surface area contributed by atoms with Crippen LogP contribution in [0.2, 0.25) is 0 Å². The number of carbonyl (C=O) groups excluding carboxylic acids is 3. The van der Waals surface area contributed by atoms with Gasteiger partial charge in [-0.25, -0.2) is 14.6 Å². The van der Waals surface area contributed by atoms with Gasteiger partial charge in [0.2, 0.25) is 11.8 Å². The van der Waals surface area contributed by atoms with E-state index in [1.54, 1.807) is 28.9 Å². The van der Waals surface area contributed by atoms with Gasteiger partial charge in [0.15, 0.2) is 5.82 Å². The van der Waals surface area contributed by atoms with Crippen LogP contribution in [0.25, 0.3) is 5.82 Å². The van der Waals surface area contributed by atoms with E-state index in [0.717, 1.165) is 36.6 Å². The van der Waals surface area contributed by atoms with Crippen molar-refractivity contribution >= 4 is 29.2 Å². The second-order valence-electron chi connectivity index (χ2n) is 9.16. The summed E-state index contributed by atoms with van der Waals surface area (Å²) >= 11 is 0. The van der Waals surface area contributed by atoms with Crippen LogP contribution in [0.3, 0.4) is 0 Å². The number of piperidine rings is 1. The van der Waals surface area contributed by atoms with E-state index in [0.29, 0.717) is 36.7 Å². The molecular formula is C26H32N8O3. The van der Waals surface area contributed by atoms with Gasteiger partial charge in [0, 0.05) is 56.1 Å². The molecule has 11 heteroatoms. The molecule has 3 heterocycles. The Morgan fingerprint density at radius 3 is 2.43 bits per heavy atom. The van der Waals surface area contributed by atoms with E-state index in [1.807, 2.05) is 26.0 Å². The molecule has 0 bridgehead atoms. The van der Waals surface area contributed by atoms with E-state index in [1.165, 1.54) is 13.3 Å². The Labute approximate surface area is 215 Å². The number of carbonyl (C=O) groups is 3. The van der Waals surface area contributed by atoms with E-state index in [2.05, 4.69) is 35.9 Å². The number of hydrogen-bond acceptors (Lipinski definition) is 7. The molecule has 1 fully saturated rings. The first-order valence-electron chi connectivity index (χ1n) is 12.3. The van der Waals surface area contributed by atoms with Gasteiger partial charge in [0.1, 0.15) is 12.1 Å². The number of aromatic nitrogens is 4. The topological polar surface area (TPSA) is 134 Å². The number of benzene rings is 1. The second-order valence-corrected chi connectivity index (χ2v) is 9.16. The maximum absolute atomic E-state index is 12.8. The summed E-state index contributed by atoms with van der Waals surface area (Å²) in [4.78, 5) is 47.2. The summed E-state index contributed by atoms with van der Waals surface area (Å²) in [5.74, 6) is 0.851. The highest BCUT2D eigenvalue weighted by Gasteiger charge is 2.26. The number of amides is 3. The van der Waals surface area contributed by atoms with E-state index in [9.17, 15) is 14.4 Å². The first-order valence-corrected chi connectivity index (χ1v) is 12.3. The fraction of sp³-hybridized carbons (Fsp3) is 0.385. The van der Waals surface area contributed by atoms with Crippen molar-refractivity contribution in [2.45, 2.75) is 33.6 Å². The third-order valence-corrected chi connectivity index (χ3v) is 6.16. The van der Waals surface area contributed by atoms with Crippen LogP contribution in [-0.4, -0.2) is 63.6 Å². The Kier molecular flexibility index (Phi) is 8.11. The fourth-order valence-electron chi connectivity index (χ4n) is 4.40. The Hall–Kier alpha value is -4.28. The van der Waals surface area contributed by atoms with Crippen LogP contribution in [-0.2, 0) is 9.59 Å². The van der Waals surface area contributed by atoms with Crippen molar-refractivity contribution in [3.8, 4) is 5.82 Å². The Morgan fingerprint density at radius 2 is 1.73 bits per heavy atom. The molecule has 3 N–H and O–H groups in total. The van der Waals surface area contributed by atoms with Crippen molar-refractivity contribution in [1.29, 1.82) is 0 Å². The molecule has 3 amide bonds. The van der Waals surface area contributed by atoms with Crippen molar-refractivity contribution in [3.05, 3.63) is 59.7 Å². The molecule has 1 unspecified atom stereocenters. The lowest BCUT2D eigenvalue weighted by molar-refractivity contribution is -0.125. The minimum Gasteiger partial charge on any atom is -0.356 e. The average molecular weight is 505 g/mol. The summed E-state index contributed by atoms with van der Waals surface area (Å²) in [6, 6.07) is 10.5. The molecule has 11 nitrogen and oxygen atoms in total. The largest absolute Gasteiger partial charge is 0.356 e. The molecule has 1 aromatic carbocycles. The smallest absolute Gasteiger partial charge is 0.251 e. The predicted molar refractivity (Wildman–Crippen MR) is 140 cm³/mol. The Balaban J connectivity index is 1.26. The second kappa shape index (κ2) is 11.6. The lowest BCUT2D eigenvalue weighted by atomic mass is 9.97. The van der Waals surface area contributed by atoms with Crippen LogP contribution in [0.5, 0.6) is 0 Å². The van der Waals surface area contributed by atoms with Crippen LogP contribution in [0.1, 0.15) is 41.5 Å². The van der Waals surface area contributed by atoms with Crippen LogP contribution < -0.4 is 20.9 Å². The predicted octanol–water partition coefficient (Wildman–Crippen LogP) is 2.00. The molecule has 37 heavy (non-hydrogen) atoms. The highest BCUT2D eigenvalue weighted by molar-refractivity contribution is 5.95. The number of anilines is 2. The summed E-state index contributed by atoms with van der Waals surface area (Å²) < 4.78 is 1.79. The number of aryl methyl sites for hydroxylation is 2. The van der Waals surface area contributed by atoms with Gasteiger partial charge in [-0.3, -0.25) is 14.4 Å². The first-order chi connectivity index (χ1) is 17.8. The van der Waals surface area contributed by atoms with Crippen molar-refractivity contribution in [2.75, 3.05) is 36.4 Å².